The van der Waals surface area contributed by atoms with Crippen molar-refractivity contribution in [3.05, 3.63) is 94.5 Å². The van der Waals surface area contributed by atoms with Gasteiger partial charge < -0.3 is 24.8 Å². The van der Waals surface area contributed by atoms with Gasteiger partial charge in [0.15, 0.2) is 0 Å². The zero-order valence-electron chi connectivity index (χ0n) is 20.2. The molecule has 2 heterocycles. The van der Waals surface area contributed by atoms with Gasteiger partial charge in [0.1, 0.15) is 6.17 Å². The van der Waals surface area contributed by atoms with Gasteiger partial charge in [-0.1, -0.05) is 35.9 Å². The van der Waals surface area contributed by atoms with Crippen LogP contribution in [0.15, 0.2) is 72.8 Å². The molecule has 1 N–H and O–H groups in total. The normalized spacial score (nSPS) is 17.3. The second kappa shape index (κ2) is 10.6. The first kappa shape index (κ1) is 24.2. The largest absolute Gasteiger partial charge is 0.383 e. The summed E-state index contributed by atoms with van der Waals surface area (Å²) in [6, 6.07) is 22.9. The molecule has 2 amide bonds. The number of nitrogens with one attached hydrogen (secondary N) is 1. The first-order valence-electron chi connectivity index (χ1n) is 12.1. The number of hydrogen-bond acceptors (Lipinski definition) is 5. The van der Waals surface area contributed by atoms with Crippen LogP contribution in [0.25, 0.3) is 0 Å². The minimum Gasteiger partial charge on any atom is -0.383 e. The number of piperazine rings is 1. The minimum atomic E-state index is -0.287. The van der Waals surface area contributed by atoms with E-state index in [1.54, 1.807) is 12.0 Å². The van der Waals surface area contributed by atoms with Crippen molar-refractivity contribution in [3.8, 4) is 0 Å². The molecule has 2 aliphatic heterocycles. The average Bonchev–Trinajstić information content (AvgIpc) is 3.18. The predicted molar refractivity (Wildman–Crippen MR) is 142 cm³/mol. The Bertz CT molecular complexity index is 1240. The molecule has 5 rings (SSSR count). The molecule has 1 fully saturated rings. The Labute approximate surface area is 216 Å². The number of carbonyl (C=O) groups is 2. The summed E-state index contributed by atoms with van der Waals surface area (Å²) in [5.41, 5.74) is 4.22. The molecular formula is C28H29ClN4O3. The highest BCUT2D eigenvalue weighted by Crippen LogP contribution is 2.34. The van der Waals surface area contributed by atoms with E-state index in [0.717, 1.165) is 30.0 Å². The van der Waals surface area contributed by atoms with Crippen LogP contribution in [0.5, 0.6) is 0 Å². The molecule has 0 unspecified atom stereocenters. The van der Waals surface area contributed by atoms with Crippen LogP contribution in [-0.2, 0) is 4.74 Å². The van der Waals surface area contributed by atoms with Gasteiger partial charge in [-0.05, 0) is 48.5 Å². The molecule has 3 aromatic rings. The number of amides is 2. The molecule has 0 spiro atoms. The van der Waals surface area contributed by atoms with Gasteiger partial charge in [0.05, 0.1) is 6.61 Å². The Morgan fingerprint density at radius 3 is 2.47 bits per heavy atom. The Morgan fingerprint density at radius 1 is 1.00 bits per heavy atom. The van der Waals surface area contributed by atoms with Crippen LogP contribution in [0.4, 0.5) is 11.4 Å². The molecule has 186 valence electrons. The molecule has 1 saturated heterocycles. The number of methoxy groups -OCH3 is 1. The standard InChI is InChI=1S/C28H29ClN4O3/c1-36-18-17-33-26(24-7-2-3-8-25(24)28(33)35)30-22-11-9-20(10-12-22)27(34)32-15-13-31(14-16-32)23-6-4-5-21(29)19-23/h2-12,19,26,30H,13-18H2,1H3/t26-/m1/s1. The highest BCUT2D eigenvalue weighted by molar-refractivity contribution is 6.30. The molecule has 0 bridgehead atoms. The number of halogens is 1. The maximum absolute atomic E-state index is 13.1. The van der Waals surface area contributed by atoms with Crippen molar-refractivity contribution in [1.29, 1.82) is 0 Å². The number of fused-ring (bicyclic) bond motifs is 1. The summed E-state index contributed by atoms with van der Waals surface area (Å²) < 4.78 is 5.21. The van der Waals surface area contributed by atoms with Crippen molar-refractivity contribution in [2.24, 2.45) is 0 Å². The molecular weight excluding hydrogens is 476 g/mol. The first-order chi connectivity index (χ1) is 17.5. The SMILES string of the molecule is COCCN1C(=O)c2ccccc2[C@@H]1Nc1ccc(C(=O)N2CCN(c3cccc(Cl)c3)CC2)cc1. The summed E-state index contributed by atoms with van der Waals surface area (Å²) in [5.74, 6) is 0.0132. The van der Waals surface area contributed by atoms with E-state index in [1.807, 2.05) is 77.7 Å². The van der Waals surface area contributed by atoms with Gasteiger partial charge in [-0.2, -0.15) is 0 Å². The van der Waals surface area contributed by atoms with Crippen LogP contribution in [0, 0.1) is 0 Å². The van der Waals surface area contributed by atoms with E-state index >= 15 is 0 Å². The molecule has 8 heteroatoms. The van der Waals surface area contributed by atoms with Gasteiger partial charge in [0, 0.05) is 72.9 Å². The lowest BCUT2D eigenvalue weighted by molar-refractivity contribution is 0.0674. The molecule has 2 aliphatic rings. The zero-order valence-corrected chi connectivity index (χ0v) is 20.9. The second-order valence-corrected chi connectivity index (χ2v) is 9.40. The van der Waals surface area contributed by atoms with E-state index in [4.69, 9.17) is 16.3 Å². The lowest BCUT2D eigenvalue weighted by Crippen LogP contribution is -2.48. The summed E-state index contributed by atoms with van der Waals surface area (Å²) in [6.07, 6.45) is -0.287. The third-order valence-corrected chi connectivity index (χ3v) is 7.01. The number of hydrogen-bond donors (Lipinski definition) is 1. The highest BCUT2D eigenvalue weighted by atomic mass is 35.5. The van der Waals surface area contributed by atoms with Crippen LogP contribution in [-0.4, -0.2) is 68.1 Å². The maximum Gasteiger partial charge on any atom is 0.256 e. The maximum atomic E-state index is 13.1. The van der Waals surface area contributed by atoms with Gasteiger partial charge in [0.25, 0.3) is 11.8 Å². The van der Waals surface area contributed by atoms with Crippen LogP contribution in [0.2, 0.25) is 5.02 Å². The molecule has 0 saturated carbocycles. The second-order valence-electron chi connectivity index (χ2n) is 8.96. The van der Waals surface area contributed by atoms with Crippen molar-refractivity contribution >= 4 is 34.8 Å². The lowest BCUT2D eigenvalue weighted by atomic mass is 10.1. The van der Waals surface area contributed by atoms with E-state index in [-0.39, 0.29) is 18.0 Å². The summed E-state index contributed by atoms with van der Waals surface area (Å²) in [6.45, 7) is 3.77. The Morgan fingerprint density at radius 2 is 1.75 bits per heavy atom. The van der Waals surface area contributed by atoms with Crippen molar-refractivity contribution in [1.82, 2.24) is 9.80 Å². The van der Waals surface area contributed by atoms with E-state index in [1.165, 1.54) is 0 Å². The third-order valence-electron chi connectivity index (χ3n) is 6.77. The molecule has 0 radical (unpaired) electrons. The van der Waals surface area contributed by atoms with E-state index in [2.05, 4.69) is 10.2 Å². The van der Waals surface area contributed by atoms with Crippen LogP contribution in [0.1, 0.15) is 32.4 Å². The third kappa shape index (κ3) is 4.90. The molecule has 1 atom stereocenters. The van der Waals surface area contributed by atoms with Gasteiger partial charge in [-0.3, -0.25) is 9.59 Å². The van der Waals surface area contributed by atoms with Crippen LogP contribution in [0.3, 0.4) is 0 Å². The van der Waals surface area contributed by atoms with E-state index in [0.29, 0.717) is 42.4 Å². The van der Waals surface area contributed by atoms with Gasteiger partial charge >= 0.3 is 0 Å². The average molecular weight is 505 g/mol. The monoisotopic (exact) mass is 504 g/mol. The Balaban J connectivity index is 1.24. The van der Waals surface area contributed by atoms with Gasteiger partial charge in [-0.25, -0.2) is 0 Å². The lowest BCUT2D eigenvalue weighted by Gasteiger charge is -2.36. The first-order valence-corrected chi connectivity index (χ1v) is 12.5. The van der Waals surface area contributed by atoms with Crippen molar-refractivity contribution < 1.29 is 14.3 Å². The molecule has 7 nitrogen and oxygen atoms in total. The van der Waals surface area contributed by atoms with E-state index in [9.17, 15) is 9.59 Å². The molecule has 0 aliphatic carbocycles. The fourth-order valence-electron chi connectivity index (χ4n) is 4.84. The Kier molecular flexibility index (Phi) is 7.11. The van der Waals surface area contributed by atoms with Crippen LogP contribution >= 0.6 is 11.6 Å². The number of rotatable bonds is 7. The van der Waals surface area contributed by atoms with Gasteiger partial charge in [0.2, 0.25) is 0 Å². The zero-order chi connectivity index (χ0) is 25.1. The number of benzene rings is 3. The predicted octanol–water partition coefficient (Wildman–Crippen LogP) is 4.52. The van der Waals surface area contributed by atoms with Crippen molar-refractivity contribution in [2.45, 2.75) is 6.17 Å². The fraction of sp³-hybridized carbons (Fsp3) is 0.286. The topological polar surface area (TPSA) is 65.1 Å². The number of anilines is 2. The van der Waals surface area contributed by atoms with Crippen molar-refractivity contribution in [2.75, 3.05) is 56.7 Å². The van der Waals surface area contributed by atoms with Gasteiger partial charge in [-0.15, -0.1) is 0 Å². The van der Waals surface area contributed by atoms with Crippen LogP contribution < -0.4 is 10.2 Å². The Hall–Kier alpha value is -3.55. The van der Waals surface area contributed by atoms with Crippen molar-refractivity contribution in [3.63, 3.8) is 0 Å². The summed E-state index contributed by atoms with van der Waals surface area (Å²) >= 11 is 6.13. The summed E-state index contributed by atoms with van der Waals surface area (Å²) in [5, 5.41) is 4.18. The number of carbonyl (C=O) groups excluding carboxylic acids is 2. The summed E-state index contributed by atoms with van der Waals surface area (Å²) in [7, 11) is 1.63. The summed E-state index contributed by atoms with van der Waals surface area (Å²) in [4.78, 5) is 32.0. The molecule has 36 heavy (non-hydrogen) atoms. The van der Waals surface area contributed by atoms with E-state index < -0.39 is 0 Å². The smallest absolute Gasteiger partial charge is 0.256 e. The minimum absolute atomic E-state index is 0.0103. The number of ether oxygens (including phenoxy) is 1. The quantitative estimate of drug-likeness (QED) is 0.512. The highest BCUT2D eigenvalue weighted by Gasteiger charge is 2.36. The number of nitrogens with zero attached hydrogens (tertiary/aromatic N) is 3. The molecule has 0 aromatic heterocycles. The molecule has 3 aromatic carbocycles. The fourth-order valence-corrected chi connectivity index (χ4v) is 5.02.